The largest absolute Gasteiger partial charge is 0.340 e. The topological polar surface area (TPSA) is 62.5 Å². The van der Waals surface area contributed by atoms with Crippen molar-refractivity contribution in [1.29, 1.82) is 0 Å². The molecule has 7 heteroatoms. The van der Waals surface area contributed by atoms with Crippen molar-refractivity contribution in [3.05, 3.63) is 35.2 Å². The van der Waals surface area contributed by atoms with Crippen LogP contribution in [0, 0.1) is 5.92 Å². The van der Waals surface area contributed by atoms with Crippen LogP contribution in [-0.2, 0) is 4.79 Å². The summed E-state index contributed by atoms with van der Waals surface area (Å²) in [4.78, 5) is 21.0. The minimum absolute atomic E-state index is 0.0194. The molecule has 0 unspecified atom stereocenters. The summed E-state index contributed by atoms with van der Waals surface area (Å²) in [6.45, 7) is 9.31. The Morgan fingerprint density at radius 3 is 2.42 bits per heavy atom. The number of hydrogen-bond donors (Lipinski definition) is 0. The molecule has 1 fully saturated rings. The number of amides is 1. The van der Waals surface area contributed by atoms with Crippen molar-refractivity contribution in [2.45, 2.75) is 33.2 Å². The number of hydrogen-bond acceptors (Lipinski definition) is 5. The predicted molar refractivity (Wildman–Crippen MR) is 101 cm³/mol. The minimum Gasteiger partial charge on any atom is -0.340 e. The summed E-state index contributed by atoms with van der Waals surface area (Å²) < 4.78 is 5.47. The molecule has 26 heavy (non-hydrogen) atoms. The molecule has 2 aromatic rings. The Bertz CT molecular complexity index is 736. The number of carbonyl (C=O) groups is 1. The summed E-state index contributed by atoms with van der Waals surface area (Å²) in [5, 5.41) is 4.76. The summed E-state index contributed by atoms with van der Waals surface area (Å²) in [7, 11) is 0. The van der Waals surface area contributed by atoms with Crippen LogP contribution in [0.1, 0.15) is 39.1 Å². The van der Waals surface area contributed by atoms with Crippen LogP contribution in [0.5, 0.6) is 0 Å². The monoisotopic (exact) mass is 376 g/mol. The molecule has 0 N–H and O–H groups in total. The van der Waals surface area contributed by atoms with Crippen LogP contribution in [0.25, 0.3) is 11.4 Å². The molecule has 1 aromatic heterocycles. The molecule has 1 atom stereocenters. The number of piperazine rings is 1. The Balaban J connectivity index is 1.60. The molecule has 2 heterocycles. The van der Waals surface area contributed by atoms with Crippen LogP contribution >= 0.6 is 11.6 Å². The second kappa shape index (κ2) is 8.18. The zero-order chi connectivity index (χ0) is 18.7. The first-order chi connectivity index (χ1) is 12.4. The van der Waals surface area contributed by atoms with Gasteiger partial charge in [-0.3, -0.25) is 9.69 Å². The highest BCUT2D eigenvalue weighted by Gasteiger charge is 2.27. The molecule has 0 bridgehead atoms. The molecule has 1 aliphatic heterocycles. The lowest BCUT2D eigenvalue weighted by Crippen LogP contribution is -2.49. The summed E-state index contributed by atoms with van der Waals surface area (Å²) in [6.07, 6.45) is 0.615. The fourth-order valence-corrected chi connectivity index (χ4v) is 3.24. The van der Waals surface area contributed by atoms with Crippen LogP contribution in [0.2, 0.25) is 5.02 Å². The van der Waals surface area contributed by atoms with Crippen molar-refractivity contribution in [3.8, 4) is 11.4 Å². The first-order valence-electron chi connectivity index (χ1n) is 9.05. The predicted octanol–water partition coefficient (Wildman–Crippen LogP) is 3.64. The fourth-order valence-electron chi connectivity index (χ4n) is 3.11. The van der Waals surface area contributed by atoms with Gasteiger partial charge in [-0.2, -0.15) is 4.98 Å². The van der Waals surface area contributed by atoms with Crippen LogP contribution in [0.3, 0.4) is 0 Å². The molecular formula is C19H25ClN4O2. The highest BCUT2D eigenvalue weighted by atomic mass is 35.5. The summed E-state index contributed by atoms with van der Waals surface area (Å²) in [5.41, 5.74) is 0.876. The Morgan fingerprint density at radius 1 is 1.15 bits per heavy atom. The van der Waals surface area contributed by atoms with Gasteiger partial charge in [0, 0.05) is 43.2 Å². The molecule has 0 spiro atoms. The highest BCUT2D eigenvalue weighted by molar-refractivity contribution is 6.30. The third-order valence-corrected chi connectivity index (χ3v) is 4.95. The molecule has 1 aliphatic rings. The van der Waals surface area contributed by atoms with Gasteiger partial charge in [-0.15, -0.1) is 0 Å². The first kappa shape index (κ1) is 18.9. The Labute approximate surface area is 159 Å². The van der Waals surface area contributed by atoms with Gasteiger partial charge in [-0.05, 0) is 37.1 Å². The van der Waals surface area contributed by atoms with E-state index >= 15 is 0 Å². The van der Waals surface area contributed by atoms with E-state index in [4.69, 9.17) is 16.1 Å². The van der Waals surface area contributed by atoms with E-state index in [1.54, 1.807) is 0 Å². The lowest BCUT2D eigenvalue weighted by Gasteiger charge is -2.37. The van der Waals surface area contributed by atoms with Gasteiger partial charge in [0.2, 0.25) is 17.6 Å². The second-order valence-corrected chi connectivity index (χ2v) is 7.59. The Kier molecular flexibility index (Phi) is 5.94. The van der Waals surface area contributed by atoms with Gasteiger partial charge in [0.05, 0.1) is 6.04 Å². The van der Waals surface area contributed by atoms with Crippen molar-refractivity contribution in [3.63, 3.8) is 0 Å². The van der Waals surface area contributed by atoms with Crippen molar-refractivity contribution < 1.29 is 9.32 Å². The third kappa shape index (κ3) is 4.43. The van der Waals surface area contributed by atoms with Gasteiger partial charge >= 0.3 is 0 Å². The molecule has 0 saturated carbocycles. The van der Waals surface area contributed by atoms with Crippen molar-refractivity contribution in [2.24, 2.45) is 5.92 Å². The average Bonchev–Trinajstić information content (AvgIpc) is 3.11. The molecule has 6 nitrogen and oxygen atoms in total. The maximum atomic E-state index is 12.2. The van der Waals surface area contributed by atoms with Crippen LogP contribution < -0.4 is 0 Å². The van der Waals surface area contributed by atoms with E-state index in [0.717, 1.165) is 31.7 Å². The molecule has 0 radical (unpaired) electrons. The number of benzene rings is 1. The fraction of sp³-hybridized carbons (Fsp3) is 0.526. The first-order valence-corrected chi connectivity index (χ1v) is 9.43. The normalized spacial score (nSPS) is 16.9. The number of halogens is 1. The van der Waals surface area contributed by atoms with Gasteiger partial charge in [0.15, 0.2) is 0 Å². The lowest BCUT2D eigenvalue weighted by molar-refractivity contribution is -0.134. The van der Waals surface area contributed by atoms with E-state index in [0.29, 0.717) is 29.1 Å². The van der Waals surface area contributed by atoms with E-state index in [9.17, 15) is 4.79 Å². The van der Waals surface area contributed by atoms with Gasteiger partial charge in [-0.1, -0.05) is 30.6 Å². The molecule has 1 saturated heterocycles. The Morgan fingerprint density at radius 2 is 1.81 bits per heavy atom. The molecule has 0 aliphatic carbocycles. The Hall–Kier alpha value is -1.92. The third-order valence-electron chi connectivity index (χ3n) is 4.70. The van der Waals surface area contributed by atoms with Gasteiger partial charge in [-0.25, -0.2) is 0 Å². The average molecular weight is 377 g/mol. The van der Waals surface area contributed by atoms with Crippen LogP contribution in [0.15, 0.2) is 28.8 Å². The molecule has 140 valence electrons. The van der Waals surface area contributed by atoms with Gasteiger partial charge in [0.25, 0.3) is 0 Å². The summed E-state index contributed by atoms with van der Waals surface area (Å²) in [6, 6.07) is 7.39. The van der Waals surface area contributed by atoms with Crippen molar-refractivity contribution in [2.75, 3.05) is 26.2 Å². The SMILES string of the molecule is CC(C)CC(=O)N1CCN([C@H](C)c2nc(-c3ccc(Cl)cc3)no2)CC1. The summed E-state index contributed by atoms with van der Waals surface area (Å²) >= 11 is 5.92. The van der Waals surface area contributed by atoms with E-state index in [1.165, 1.54) is 0 Å². The maximum absolute atomic E-state index is 12.2. The lowest BCUT2D eigenvalue weighted by atomic mass is 10.1. The number of rotatable bonds is 5. The van der Waals surface area contributed by atoms with Crippen molar-refractivity contribution >= 4 is 17.5 Å². The number of carbonyl (C=O) groups excluding carboxylic acids is 1. The molecule has 1 amide bonds. The highest BCUT2D eigenvalue weighted by Crippen LogP contribution is 2.24. The number of nitrogens with zero attached hydrogens (tertiary/aromatic N) is 4. The zero-order valence-corrected chi connectivity index (χ0v) is 16.2. The molecular weight excluding hydrogens is 352 g/mol. The van der Waals surface area contributed by atoms with E-state index in [2.05, 4.69) is 35.8 Å². The minimum atomic E-state index is 0.0194. The van der Waals surface area contributed by atoms with Crippen molar-refractivity contribution in [1.82, 2.24) is 19.9 Å². The smallest absolute Gasteiger partial charge is 0.244 e. The molecule has 1 aromatic carbocycles. The van der Waals surface area contributed by atoms with Gasteiger partial charge < -0.3 is 9.42 Å². The van der Waals surface area contributed by atoms with E-state index in [-0.39, 0.29) is 11.9 Å². The standard InChI is InChI=1S/C19H25ClN4O2/c1-13(2)12-17(25)24-10-8-23(9-11-24)14(3)19-21-18(22-26-19)15-4-6-16(20)7-5-15/h4-7,13-14H,8-12H2,1-3H3/t14-/m1/s1. The summed E-state index contributed by atoms with van der Waals surface area (Å²) in [5.74, 6) is 1.80. The quantitative estimate of drug-likeness (QED) is 0.797. The molecule has 3 rings (SSSR count). The second-order valence-electron chi connectivity index (χ2n) is 7.15. The van der Waals surface area contributed by atoms with Gasteiger partial charge in [0.1, 0.15) is 0 Å². The zero-order valence-electron chi connectivity index (χ0n) is 15.5. The van der Waals surface area contributed by atoms with Crippen LogP contribution in [0.4, 0.5) is 0 Å². The van der Waals surface area contributed by atoms with E-state index < -0.39 is 0 Å². The van der Waals surface area contributed by atoms with Crippen LogP contribution in [-0.4, -0.2) is 52.0 Å². The maximum Gasteiger partial charge on any atom is 0.244 e. The number of aromatic nitrogens is 2. The van der Waals surface area contributed by atoms with E-state index in [1.807, 2.05) is 29.2 Å².